The van der Waals surface area contributed by atoms with Crippen LogP contribution in [0, 0.1) is 0 Å². The Morgan fingerprint density at radius 3 is 1.56 bits per heavy atom. The second-order valence-corrected chi connectivity index (χ2v) is 12.0. The predicted octanol–water partition coefficient (Wildman–Crippen LogP) is 4.28. The molecular weight excluding hydrogens is 612 g/mol. The number of aromatic nitrogens is 2. The fraction of sp³-hybridized carbons (Fsp3) is 0.0455. The van der Waals surface area contributed by atoms with Crippen molar-refractivity contribution in [3.63, 3.8) is 0 Å². The highest BCUT2D eigenvalue weighted by Crippen LogP contribution is 2.23. The minimum atomic E-state index is -3.65. The number of nitrogens with zero attached hydrogens (tertiary/aromatic N) is 2. The Morgan fingerprint density at radius 1 is 0.735 bits per heavy atom. The lowest BCUT2D eigenvalue weighted by Crippen LogP contribution is -2.11. The van der Waals surface area contributed by atoms with Gasteiger partial charge in [-0.15, -0.1) is 0 Å². The third-order valence-electron chi connectivity index (χ3n) is 4.48. The molecule has 0 radical (unpaired) electrons. The van der Waals surface area contributed by atoms with Gasteiger partial charge in [-0.3, -0.25) is 4.79 Å². The zero-order chi connectivity index (χ0) is 24.9. The first-order valence-electron chi connectivity index (χ1n) is 9.53. The summed E-state index contributed by atoms with van der Waals surface area (Å²) in [6, 6.07) is 19.2. The van der Waals surface area contributed by atoms with Crippen LogP contribution in [0.5, 0.6) is 0 Å². The Kier molecular flexibility index (Phi) is 8.31. The van der Waals surface area contributed by atoms with Gasteiger partial charge >= 0.3 is 0 Å². The van der Waals surface area contributed by atoms with Crippen LogP contribution < -0.4 is 0 Å². The van der Waals surface area contributed by atoms with E-state index in [4.69, 9.17) is 5.11 Å². The Labute approximate surface area is 213 Å². The third kappa shape index (κ3) is 5.58. The van der Waals surface area contributed by atoms with Crippen LogP contribution in [-0.2, 0) is 26.7 Å². The SMILES string of the molecule is O=Cc1cc(Br)n(S(=O)(=O)c2ccccc2)c1.O=S(=O)(c1ccccc1)n1cc(CO)cc1Br. The highest BCUT2D eigenvalue weighted by Gasteiger charge is 2.20. The molecule has 0 spiro atoms. The van der Waals surface area contributed by atoms with Gasteiger partial charge in [-0.25, -0.2) is 24.8 Å². The first kappa shape index (κ1) is 26.1. The molecule has 0 fully saturated rings. The monoisotopic (exact) mass is 628 g/mol. The van der Waals surface area contributed by atoms with E-state index < -0.39 is 20.0 Å². The molecule has 0 saturated carbocycles. The highest BCUT2D eigenvalue weighted by molar-refractivity contribution is 9.10. The van der Waals surface area contributed by atoms with Crippen LogP contribution in [-0.4, -0.2) is 36.2 Å². The third-order valence-corrected chi connectivity index (χ3v) is 9.55. The van der Waals surface area contributed by atoms with Crippen LogP contribution in [0.1, 0.15) is 15.9 Å². The zero-order valence-electron chi connectivity index (χ0n) is 17.3. The summed E-state index contributed by atoms with van der Waals surface area (Å²) in [5.41, 5.74) is 0.841. The quantitative estimate of drug-likeness (QED) is 0.318. The minimum absolute atomic E-state index is 0.175. The molecule has 2 heterocycles. The average Bonchev–Trinajstić information content (AvgIpc) is 3.43. The molecule has 0 saturated heterocycles. The standard InChI is InChI=1S/C11H10BrNO3S.C11H8BrNO3S/c2*12-11-6-9(8-14)7-13(11)17(15,16)10-4-2-1-3-5-10/h1-7,14H,8H2;1-8H. The summed E-state index contributed by atoms with van der Waals surface area (Å²) in [7, 11) is -7.25. The van der Waals surface area contributed by atoms with Gasteiger partial charge in [0.2, 0.25) is 0 Å². The minimum Gasteiger partial charge on any atom is -0.392 e. The topological polar surface area (TPSA) is 115 Å². The lowest BCUT2D eigenvalue weighted by atomic mass is 10.4. The normalized spacial score (nSPS) is 11.5. The number of hydrogen-bond acceptors (Lipinski definition) is 6. The number of aliphatic hydroxyl groups excluding tert-OH is 1. The number of benzene rings is 2. The maximum atomic E-state index is 12.2. The number of hydrogen-bond donors (Lipinski definition) is 1. The highest BCUT2D eigenvalue weighted by atomic mass is 79.9. The average molecular weight is 630 g/mol. The van der Waals surface area contributed by atoms with E-state index in [2.05, 4.69) is 31.9 Å². The molecule has 0 bridgehead atoms. The molecule has 1 N–H and O–H groups in total. The number of carbonyl (C=O) groups is 1. The first-order valence-corrected chi connectivity index (χ1v) is 14.0. The van der Waals surface area contributed by atoms with E-state index in [1.807, 2.05) is 0 Å². The van der Waals surface area contributed by atoms with Gasteiger partial charge in [-0.05, 0) is 73.8 Å². The van der Waals surface area contributed by atoms with E-state index in [1.165, 1.54) is 42.7 Å². The Balaban J connectivity index is 0.000000191. The van der Waals surface area contributed by atoms with Gasteiger partial charge in [-0.2, -0.15) is 0 Å². The molecule has 0 unspecified atom stereocenters. The molecule has 12 heteroatoms. The van der Waals surface area contributed by atoms with Crippen molar-refractivity contribution < 1.29 is 26.7 Å². The summed E-state index contributed by atoms with van der Waals surface area (Å²) in [4.78, 5) is 11.0. The number of halogens is 2. The van der Waals surface area contributed by atoms with Crippen molar-refractivity contribution in [2.75, 3.05) is 0 Å². The van der Waals surface area contributed by atoms with E-state index in [9.17, 15) is 21.6 Å². The number of aliphatic hydroxyl groups is 1. The first-order chi connectivity index (χ1) is 16.1. The van der Waals surface area contributed by atoms with Gasteiger partial charge in [0.25, 0.3) is 20.0 Å². The Morgan fingerprint density at radius 2 is 1.18 bits per heavy atom. The summed E-state index contributed by atoms with van der Waals surface area (Å²) in [5.74, 6) is 0. The molecule has 2 aromatic heterocycles. The molecule has 0 aliphatic rings. The predicted molar refractivity (Wildman–Crippen MR) is 134 cm³/mol. The van der Waals surface area contributed by atoms with Crippen molar-refractivity contribution in [1.29, 1.82) is 0 Å². The fourth-order valence-electron chi connectivity index (χ4n) is 2.83. The summed E-state index contributed by atoms with van der Waals surface area (Å²) < 4.78 is 51.7. The van der Waals surface area contributed by atoms with Gasteiger partial charge < -0.3 is 5.11 Å². The second kappa shape index (κ2) is 10.8. The molecule has 0 atom stereocenters. The summed E-state index contributed by atoms with van der Waals surface area (Å²) in [5, 5.41) is 8.98. The van der Waals surface area contributed by atoms with Crippen molar-refractivity contribution in [1.82, 2.24) is 7.94 Å². The second-order valence-electron chi connectivity index (χ2n) is 6.77. The smallest absolute Gasteiger partial charge is 0.268 e. The van der Waals surface area contributed by atoms with Crippen molar-refractivity contribution in [2.24, 2.45) is 0 Å². The molecule has 0 aliphatic heterocycles. The van der Waals surface area contributed by atoms with Crippen LogP contribution in [0.25, 0.3) is 0 Å². The van der Waals surface area contributed by atoms with Crippen molar-refractivity contribution >= 4 is 58.2 Å². The van der Waals surface area contributed by atoms with E-state index in [-0.39, 0.29) is 16.4 Å². The van der Waals surface area contributed by atoms with Crippen LogP contribution in [0.15, 0.2) is 104 Å². The lowest BCUT2D eigenvalue weighted by molar-refractivity contribution is 0.112. The maximum Gasteiger partial charge on any atom is 0.268 e. The molecule has 34 heavy (non-hydrogen) atoms. The molecule has 8 nitrogen and oxygen atoms in total. The van der Waals surface area contributed by atoms with E-state index in [0.717, 1.165) is 7.94 Å². The molecule has 4 rings (SSSR count). The van der Waals surface area contributed by atoms with E-state index in [0.29, 0.717) is 26.6 Å². The molecule has 0 amide bonds. The van der Waals surface area contributed by atoms with Gasteiger partial charge in [0.15, 0.2) is 6.29 Å². The van der Waals surface area contributed by atoms with Gasteiger partial charge in [0.1, 0.15) is 9.21 Å². The van der Waals surface area contributed by atoms with E-state index in [1.54, 1.807) is 42.5 Å². The zero-order valence-corrected chi connectivity index (χ0v) is 22.1. The van der Waals surface area contributed by atoms with Crippen molar-refractivity contribution in [3.8, 4) is 0 Å². The molecule has 0 aliphatic carbocycles. The Bertz CT molecular complexity index is 1500. The van der Waals surface area contributed by atoms with E-state index >= 15 is 0 Å². The van der Waals surface area contributed by atoms with Crippen LogP contribution >= 0.6 is 31.9 Å². The van der Waals surface area contributed by atoms with Crippen molar-refractivity contribution in [2.45, 2.75) is 16.4 Å². The van der Waals surface area contributed by atoms with Crippen molar-refractivity contribution in [3.05, 3.63) is 106 Å². The number of aldehydes is 1. The Hall–Kier alpha value is -2.51. The lowest BCUT2D eigenvalue weighted by Gasteiger charge is -2.06. The molecule has 4 aromatic rings. The largest absolute Gasteiger partial charge is 0.392 e. The molecule has 2 aromatic carbocycles. The summed E-state index contributed by atoms with van der Waals surface area (Å²) in [6.07, 6.45) is 3.27. The number of carbonyl (C=O) groups excluding carboxylic acids is 1. The van der Waals surface area contributed by atoms with Crippen LogP contribution in [0.3, 0.4) is 0 Å². The maximum absolute atomic E-state index is 12.2. The van der Waals surface area contributed by atoms with Crippen LogP contribution in [0.4, 0.5) is 0 Å². The fourth-order valence-corrected chi connectivity index (χ4v) is 7.30. The van der Waals surface area contributed by atoms with Gasteiger partial charge in [0.05, 0.1) is 16.4 Å². The van der Waals surface area contributed by atoms with Gasteiger partial charge in [-0.1, -0.05) is 36.4 Å². The number of rotatable bonds is 6. The van der Waals surface area contributed by atoms with Gasteiger partial charge in [0, 0.05) is 18.0 Å². The molecule has 178 valence electrons. The molecular formula is C22H18Br2N2O6S2. The summed E-state index contributed by atoms with van der Waals surface area (Å²) >= 11 is 6.28. The summed E-state index contributed by atoms with van der Waals surface area (Å²) in [6.45, 7) is -0.199. The van der Waals surface area contributed by atoms with Crippen LogP contribution in [0.2, 0.25) is 0 Å².